The summed E-state index contributed by atoms with van der Waals surface area (Å²) in [6.07, 6.45) is -1.63. The van der Waals surface area contributed by atoms with Crippen LogP contribution in [-0.4, -0.2) is 25.2 Å². The van der Waals surface area contributed by atoms with E-state index in [0.29, 0.717) is 5.92 Å². The first kappa shape index (κ1) is 14.8. The van der Waals surface area contributed by atoms with E-state index in [2.05, 4.69) is 5.32 Å². The van der Waals surface area contributed by atoms with Gasteiger partial charge in [-0.05, 0) is 56.0 Å². The van der Waals surface area contributed by atoms with E-state index in [0.717, 1.165) is 31.5 Å². The van der Waals surface area contributed by atoms with E-state index in [1.165, 1.54) is 18.6 Å². The molecule has 0 aromatic heterocycles. The molecule has 1 atom stereocenters. The summed E-state index contributed by atoms with van der Waals surface area (Å²) in [7, 11) is 0. The molecule has 1 fully saturated rings. The van der Waals surface area contributed by atoms with Crippen molar-refractivity contribution in [2.45, 2.75) is 25.4 Å². The van der Waals surface area contributed by atoms with E-state index in [-0.39, 0.29) is 5.69 Å². The van der Waals surface area contributed by atoms with Gasteiger partial charge in [0.1, 0.15) is 0 Å². The molecule has 0 bridgehead atoms. The molecule has 3 nitrogen and oxygen atoms in total. The number of carbonyl (C=O) groups is 1. The number of piperidine rings is 1. The Morgan fingerprint density at radius 3 is 2.55 bits per heavy atom. The van der Waals surface area contributed by atoms with Crippen LogP contribution in [0.5, 0.6) is 0 Å². The molecule has 1 aliphatic rings. The van der Waals surface area contributed by atoms with Crippen LogP contribution in [0.2, 0.25) is 0 Å². The highest BCUT2D eigenvalue weighted by Crippen LogP contribution is 2.20. The average Bonchev–Trinajstić information content (AvgIpc) is 2.41. The van der Waals surface area contributed by atoms with Gasteiger partial charge in [-0.25, -0.2) is 0 Å². The molecule has 0 spiro atoms. The molecule has 0 radical (unpaired) electrons. The number of benzene rings is 1. The molecule has 1 aliphatic heterocycles. The van der Waals surface area contributed by atoms with Crippen LogP contribution in [0.25, 0.3) is 0 Å². The van der Waals surface area contributed by atoms with Crippen LogP contribution in [0.1, 0.15) is 18.4 Å². The van der Waals surface area contributed by atoms with Gasteiger partial charge in [0.15, 0.2) is 0 Å². The number of rotatable bonds is 3. The molecule has 1 saturated heterocycles. The van der Waals surface area contributed by atoms with Crippen molar-refractivity contribution in [3.8, 4) is 0 Å². The summed E-state index contributed by atoms with van der Waals surface area (Å²) in [6, 6.07) is 6.55. The predicted molar refractivity (Wildman–Crippen MR) is 70.4 cm³/mol. The van der Waals surface area contributed by atoms with Crippen molar-refractivity contribution < 1.29 is 18.0 Å². The van der Waals surface area contributed by atoms with E-state index in [1.54, 1.807) is 12.1 Å². The Balaban J connectivity index is 1.91. The van der Waals surface area contributed by atoms with Crippen molar-refractivity contribution in [1.82, 2.24) is 5.32 Å². The number of halogens is 3. The van der Waals surface area contributed by atoms with Crippen LogP contribution in [0.4, 0.5) is 18.9 Å². The summed E-state index contributed by atoms with van der Waals surface area (Å²) < 4.78 is 36.3. The first-order valence-electron chi connectivity index (χ1n) is 6.63. The number of nitrogens with one attached hydrogen (secondary N) is 2. The fraction of sp³-hybridized carbons (Fsp3) is 0.500. The minimum absolute atomic E-state index is 0.165. The molecule has 1 heterocycles. The maximum Gasteiger partial charge on any atom is 0.471 e. The second-order valence-electron chi connectivity index (χ2n) is 5.07. The average molecular weight is 286 g/mol. The van der Waals surface area contributed by atoms with Crippen LogP contribution in [0, 0.1) is 5.92 Å². The molecule has 2 N–H and O–H groups in total. The van der Waals surface area contributed by atoms with Crippen molar-refractivity contribution in [1.29, 1.82) is 0 Å². The lowest BCUT2D eigenvalue weighted by molar-refractivity contribution is -0.167. The Hall–Kier alpha value is -1.56. The Kier molecular flexibility index (Phi) is 4.65. The maximum absolute atomic E-state index is 12.1. The van der Waals surface area contributed by atoms with Crippen LogP contribution < -0.4 is 10.6 Å². The van der Waals surface area contributed by atoms with Crippen molar-refractivity contribution >= 4 is 11.6 Å². The van der Waals surface area contributed by atoms with Gasteiger partial charge in [0.05, 0.1) is 0 Å². The lowest BCUT2D eigenvalue weighted by Crippen LogP contribution is -2.31. The number of amides is 1. The van der Waals surface area contributed by atoms with E-state index in [9.17, 15) is 18.0 Å². The maximum atomic E-state index is 12.1. The van der Waals surface area contributed by atoms with Gasteiger partial charge in [-0.15, -0.1) is 0 Å². The molecule has 1 amide bonds. The zero-order chi connectivity index (χ0) is 14.6. The zero-order valence-corrected chi connectivity index (χ0v) is 11.0. The SMILES string of the molecule is O=C(Nc1ccc(CC2CCCNC2)cc1)C(F)(F)F. The topological polar surface area (TPSA) is 41.1 Å². The summed E-state index contributed by atoms with van der Waals surface area (Å²) in [5.74, 6) is -1.37. The normalized spacial score (nSPS) is 19.6. The second-order valence-corrected chi connectivity index (χ2v) is 5.07. The van der Waals surface area contributed by atoms with Gasteiger partial charge < -0.3 is 10.6 Å². The Morgan fingerprint density at radius 1 is 1.30 bits per heavy atom. The molecule has 1 aromatic carbocycles. The summed E-state index contributed by atoms with van der Waals surface area (Å²) in [5.41, 5.74) is 1.24. The highest BCUT2D eigenvalue weighted by molar-refractivity contribution is 5.94. The van der Waals surface area contributed by atoms with Crippen LogP contribution in [0.3, 0.4) is 0 Å². The molecule has 110 valence electrons. The number of alkyl halides is 3. The van der Waals surface area contributed by atoms with Crippen LogP contribution in [0.15, 0.2) is 24.3 Å². The van der Waals surface area contributed by atoms with Crippen molar-refractivity contribution in [3.63, 3.8) is 0 Å². The van der Waals surface area contributed by atoms with Gasteiger partial charge in [0.25, 0.3) is 0 Å². The molecule has 1 unspecified atom stereocenters. The molecule has 1 aromatic rings. The van der Waals surface area contributed by atoms with Crippen molar-refractivity contribution in [2.24, 2.45) is 5.92 Å². The Morgan fingerprint density at radius 2 is 2.00 bits per heavy atom. The fourth-order valence-corrected chi connectivity index (χ4v) is 2.36. The lowest BCUT2D eigenvalue weighted by atomic mass is 9.92. The quantitative estimate of drug-likeness (QED) is 0.897. The smallest absolute Gasteiger partial charge is 0.318 e. The number of carbonyl (C=O) groups excluding carboxylic acids is 1. The minimum Gasteiger partial charge on any atom is -0.318 e. The van der Waals surface area contributed by atoms with Crippen LogP contribution >= 0.6 is 0 Å². The molecule has 6 heteroatoms. The standard InChI is InChI=1S/C14H17F3N2O/c15-14(16,17)13(20)19-12-5-3-10(4-6-12)8-11-2-1-7-18-9-11/h3-6,11,18H,1-2,7-9H2,(H,19,20). The number of hydrogen-bond acceptors (Lipinski definition) is 2. The molecule has 20 heavy (non-hydrogen) atoms. The largest absolute Gasteiger partial charge is 0.471 e. The Labute approximate surface area is 115 Å². The van der Waals surface area contributed by atoms with Gasteiger partial charge in [-0.3, -0.25) is 4.79 Å². The summed E-state index contributed by atoms with van der Waals surface area (Å²) in [5, 5.41) is 5.16. The van der Waals surface area contributed by atoms with Gasteiger partial charge >= 0.3 is 12.1 Å². The first-order valence-corrected chi connectivity index (χ1v) is 6.63. The highest BCUT2D eigenvalue weighted by Gasteiger charge is 2.38. The van der Waals surface area contributed by atoms with Gasteiger partial charge in [0, 0.05) is 5.69 Å². The number of hydrogen-bond donors (Lipinski definition) is 2. The molecule has 2 rings (SSSR count). The van der Waals surface area contributed by atoms with Gasteiger partial charge in [-0.2, -0.15) is 13.2 Å². The summed E-state index contributed by atoms with van der Waals surface area (Å²) >= 11 is 0. The summed E-state index contributed by atoms with van der Waals surface area (Å²) in [4.78, 5) is 10.8. The third kappa shape index (κ3) is 4.23. The molecular weight excluding hydrogens is 269 g/mol. The predicted octanol–water partition coefficient (Wildman–Crippen LogP) is 2.73. The summed E-state index contributed by atoms with van der Waals surface area (Å²) in [6.45, 7) is 2.03. The van der Waals surface area contributed by atoms with E-state index in [1.807, 2.05) is 5.32 Å². The van der Waals surface area contributed by atoms with Crippen LogP contribution in [-0.2, 0) is 11.2 Å². The fourth-order valence-electron chi connectivity index (χ4n) is 2.36. The van der Waals surface area contributed by atoms with Crippen molar-refractivity contribution in [2.75, 3.05) is 18.4 Å². The lowest BCUT2D eigenvalue weighted by Gasteiger charge is -2.22. The molecule has 0 saturated carbocycles. The highest BCUT2D eigenvalue weighted by atomic mass is 19.4. The van der Waals surface area contributed by atoms with E-state index < -0.39 is 12.1 Å². The second kappa shape index (κ2) is 6.26. The van der Waals surface area contributed by atoms with Gasteiger partial charge in [-0.1, -0.05) is 12.1 Å². The van der Waals surface area contributed by atoms with E-state index >= 15 is 0 Å². The van der Waals surface area contributed by atoms with Crippen molar-refractivity contribution in [3.05, 3.63) is 29.8 Å². The third-order valence-electron chi connectivity index (χ3n) is 3.39. The minimum atomic E-state index is -4.85. The van der Waals surface area contributed by atoms with Gasteiger partial charge in [0.2, 0.25) is 0 Å². The molecule has 0 aliphatic carbocycles. The first-order chi connectivity index (χ1) is 9.45. The monoisotopic (exact) mass is 286 g/mol. The number of anilines is 1. The van der Waals surface area contributed by atoms with E-state index in [4.69, 9.17) is 0 Å². The molecular formula is C14H17F3N2O. The Bertz CT molecular complexity index is 450. The zero-order valence-electron chi connectivity index (χ0n) is 11.0. The third-order valence-corrected chi connectivity index (χ3v) is 3.39.